The number of amides is 1. The maximum Gasteiger partial charge on any atom is 0.341 e. The Labute approximate surface area is 212 Å². The number of thiophene rings is 1. The predicted octanol–water partition coefficient (Wildman–Crippen LogP) is 5.95. The number of nitrogens with one attached hydrogen (secondary N) is 1. The van der Waals surface area contributed by atoms with Gasteiger partial charge in [0.1, 0.15) is 10.6 Å². The van der Waals surface area contributed by atoms with Crippen molar-refractivity contribution < 1.29 is 28.7 Å². The third-order valence-electron chi connectivity index (χ3n) is 4.85. The molecule has 0 radical (unpaired) electrons. The number of non-ortho nitro benzene ring substituents is 1. The van der Waals surface area contributed by atoms with Gasteiger partial charge in [-0.3, -0.25) is 14.9 Å². The zero-order valence-electron chi connectivity index (χ0n) is 20.3. The summed E-state index contributed by atoms with van der Waals surface area (Å²) in [6.07, 6.45) is 2.92. The number of hydrogen-bond donors (Lipinski definition) is 1. The van der Waals surface area contributed by atoms with E-state index in [1.54, 1.807) is 42.6 Å². The molecule has 2 aromatic carbocycles. The van der Waals surface area contributed by atoms with Gasteiger partial charge in [0.15, 0.2) is 11.5 Å². The molecule has 0 spiro atoms. The molecule has 1 heterocycles. The van der Waals surface area contributed by atoms with E-state index >= 15 is 0 Å². The molecular formula is C26H26N2O7S. The van der Waals surface area contributed by atoms with Gasteiger partial charge in [0.05, 0.1) is 24.7 Å². The molecule has 0 fully saturated rings. The number of ether oxygens (including phenoxy) is 3. The molecule has 1 amide bonds. The Kier molecular flexibility index (Phi) is 8.80. The second-order valence-electron chi connectivity index (χ2n) is 7.78. The number of carbonyl (C=O) groups excluding carboxylic acids is 2. The van der Waals surface area contributed by atoms with Crippen LogP contribution in [0.5, 0.6) is 11.5 Å². The highest BCUT2D eigenvalue weighted by Crippen LogP contribution is 2.37. The van der Waals surface area contributed by atoms with Crippen molar-refractivity contribution in [3.63, 3.8) is 0 Å². The summed E-state index contributed by atoms with van der Waals surface area (Å²) >= 11 is 1.13. The normalized spacial score (nSPS) is 10.9. The number of nitrogens with zero attached hydrogens (tertiary/aromatic N) is 1. The fourth-order valence-electron chi connectivity index (χ4n) is 3.32. The summed E-state index contributed by atoms with van der Waals surface area (Å²) in [6, 6.07) is 11.2. The monoisotopic (exact) mass is 510 g/mol. The summed E-state index contributed by atoms with van der Waals surface area (Å²) in [5, 5.41) is 15.8. The maximum absolute atomic E-state index is 12.7. The molecule has 0 aliphatic carbocycles. The summed E-state index contributed by atoms with van der Waals surface area (Å²) in [6.45, 7) is 5.63. The Morgan fingerprint density at radius 1 is 1.17 bits per heavy atom. The summed E-state index contributed by atoms with van der Waals surface area (Å²) < 4.78 is 16.3. The highest BCUT2D eigenvalue weighted by atomic mass is 32.1. The highest BCUT2D eigenvalue weighted by Gasteiger charge is 2.23. The van der Waals surface area contributed by atoms with Crippen LogP contribution in [-0.4, -0.2) is 36.6 Å². The van der Waals surface area contributed by atoms with Crippen LogP contribution >= 0.6 is 11.3 Å². The number of methoxy groups -OCH3 is 1. The van der Waals surface area contributed by atoms with Gasteiger partial charge in [-0.15, -0.1) is 11.3 Å². The summed E-state index contributed by atoms with van der Waals surface area (Å²) in [5.41, 5.74) is 1.65. The number of hydrogen-bond acceptors (Lipinski definition) is 8. The topological polar surface area (TPSA) is 117 Å². The SMILES string of the molecule is CCOC(=O)c1c(-c2cccc([N+](=O)[O-])c2)csc1NC(=O)/C=C/c1ccc(OC(C)C)c(OC)c1. The first-order valence-corrected chi connectivity index (χ1v) is 12.0. The zero-order chi connectivity index (χ0) is 26.2. The Hall–Kier alpha value is -4.18. The molecule has 3 aromatic rings. The maximum atomic E-state index is 12.7. The van der Waals surface area contributed by atoms with E-state index in [-0.39, 0.29) is 29.0 Å². The first kappa shape index (κ1) is 26.4. The zero-order valence-corrected chi connectivity index (χ0v) is 21.1. The van der Waals surface area contributed by atoms with E-state index in [1.165, 1.54) is 31.4 Å². The van der Waals surface area contributed by atoms with Crippen LogP contribution in [0.3, 0.4) is 0 Å². The number of carbonyl (C=O) groups is 2. The molecule has 36 heavy (non-hydrogen) atoms. The van der Waals surface area contributed by atoms with Crippen LogP contribution < -0.4 is 14.8 Å². The number of anilines is 1. The number of nitro groups is 1. The second-order valence-corrected chi connectivity index (χ2v) is 8.66. The van der Waals surface area contributed by atoms with Crippen molar-refractivity contribution >= 4 is 40.0 Å². The quantitative estimate of drug-likeness (QED) is 0.155. The fourth-order valence-corrected chi connectivity index (χ4v) is 4.28. The third kappa shape index (κ3) is 6.48. The van der Waals surface area contributed by atoms with Gasteiger partial charge in [-0.2, -0.15) is 0 Å². The summed E-state index contributed by atoms with van der Waals surface area (Å²) in [7, 11) is 1.54. The number of nitro benzene ring substituents is 1. The van der Waals surface area contributed by atoms with Gasteiger partial charge in [-0.05, 0) is 50.1 Å². The minimum atomic E-state index is -0.634. The van der Waals surface area contributed by atoms with Crippen molar-refractivity contribution in [1.82, 2.24) is 0 Å². The molecule has 0 unspecified atom stereocenters. The molecule has 0 saturated heterocycles. The minimum absolute atomic E-state index is 0.0163. The Balaban J connectivity index is 1.86. The van der Waals surface area contributed by atoms with E-state index in [2.05, 4.69) is 5.32 Å². The minimum Gasteiger partial charge on any atom is -0.493 e. The van der Waals surface area contributed by atoms with E-state index in [9.17, 15) is 19.7 Å². The smallest absolute Gasteiger partial charge is 0.341 e. The van der Waals surface area contributed by atoms with Crippen LogP contribution in [0.15, 0.2) is 53.9 Å². The molecule has 0 aliphatic heterocycles. The average Bonchev–Trinajstić information content (AvgIpc) is 3.26. The molecule has 188 valence electrons. The lowest BCUT2D eigenvalue weighted by molar-refractivity contribution is -0.384. The van der Waals surface area contributed by atoms with Gasteiger partial charge >= 0.3 is 5.97 Å². The van der Waals surface area contributed by atoms with Crippen molar-refractivity contribution in [2.45, 2.75) is 26.9 Å². The van der Waals surface area contributed by atoms with Crippen molar-refractivity contribution in [3.05, 3.63) is 75.2 Å². The largest absolute Gasteiger partial charge is 0.493 e. The van der Waals surface area contributed by atoms with E-state index in [4.69, 9.17) is 14.2 Å². The molecule has 3 rings (SSSR count). The van der Waals surface area contributed by atoms with Crippen LogP contribution in [0.4, 0.5) is 10.7 Å². The molecule has 9 nitrogen and oxygen atoms in total. The Morgan fingerprint density at radius 3 is 2.61 bits per heavy atom. The standard InChI is InChI=1S/C26H26N2O7S/c1-5-34-26(30)24-20(18-7-6-8-19(14-18)28(31)32)15-36-25(24)27-23(29)12-10-17-9-11-21(35-16(2)3)22(13-17)33-4/h6-16H,5H2,1-4H3,(H,27,29)/b12-10+. The lowest BCUT2D eigenvalue weighted by Gasteiger charge is -2.13. The van der Waals surface area contributed by atoms with Gasteiger partial charge in [-0.1, -0.05) is 18.2 Å². The van der Waals surface area contributed by atoms with Gasteiger partial charge in [0, 0.05) is 29.2 Å². The van der Waals surface area contributed by atoms with E-state index in [1.807, 2.05) is 13.8 Å². The van der Waals surface area contributed by atoms with Crippen molar-refractivity contribution in [1.29, 1.82) is 0 Å². The van der Waals surface area contributed by atoms with E-state index < -0.39 is 16.8 Å². The van der Waals surface area contributed by atoms with Crippen LogP contribution in [0.25, 0.3) is 17.2 Å². The van der Waals surface area contributed by atoms with Crippen LogP contribution in [0.1, 0.15) is 36.7 Å². The summed E-state index contributed by atoms with van der Waals surface area (Å²) in [4.78, 5) is 36.1. The van der Waals surface area contributed by atoms with E-state index in [0.29, 0.717) is 28.2 Å². The molecular weight excluding hydrogens is 484 g/mol. The van der Waals surface area contributed by atoms with Crippen molar-refractivity contribution in [2.75, 3.05) is 19.0 Å². The third-order valence-corrected chi connectivity index (χ3v) is 5.75. The van der Waals surface area contributed by atoms with Crippen molar-refractivity contribution in [3.8, 4) is 22.6 Å². The predicted molar refractivity (Wildman–Crippen MR) is 139 cm³/mol. The second kappa shape index (κ2) is 12.0. The van der Waals surface area contributed by atoms with Crippen LogP contribution in [-0.2, 0) is 9.53 Å². The van der Waals surface area contributed by atoms with Gasteiger partial charge in [0.25, 0.3) is 5.69 Å². The van der Waals surface area contributed by atoms with Gasteiger partial charge in [-0.25, -0.2) is 4.79 Å². The first-order valence-electron chi connectivity index (χ1n) is 11.1. The molecule has 10 heteroatoms. The number of benzene rings is 2. The Bertz CT molecular complexity index is 1300. The number of esters is 1. The lowest BCUT2D eigenvalue weighted by atomic mass is 10.0. The lowest BCUT2D eigenvalue weighted by Crippen LogP contribution is -2.12. The average molecular weight is 511 g/mol. The van der Waals surface area contributed by atoms with Gasteiger partial charge < -0.3 is 19.5 Å². The number of rotatable bonds is 10. The molecule has 0 atom stereocenters. The highest BCUT2D eigenvalue weighted by molar-refractivity contribution is 7.15. The first-order chi connectivity index (χ1) is 17.2. The van der Waals surface area contributed by atoms with Gasteiger partial charge in [0.2, 0.25) is 5.91 Å². The van der Waals surface area contributed by atoms with E-state index in [0.717, 1.165) is 11.3 Å². The fraction of sp³-hybridized carbons (Fsp3) is 0.231. The molecule has 0 bridgehead atoms. The molecule has 1 N–H and O–H groups in total. The molecule has 1 aromatic heterocycles. The Morgan fingerprint density at radius 2 is 1.94 bits per heavy atom. The van der Waals surface area contributed by atoms with Crippen LogP contribution in [0, 0.1) is 10.1 Å². The molecule has 0 saturated carbocycles. The van der Waals surface area contributed by atoms with Crippen molar-refractivity contribution in [2.24, 2.45) is 0 Å². The summed E-state index contributed by atoms with van der Waals surface area (Å²) in [5.74, 6) is 0.0376. The molecule has 0 aliphatic rings. The van der Waals surface area contributed by atoms with Crippen LogP contribution in [0.2, 0.25) is 0 Å².